The summed E-state index contributed by atoms with van der Waals surface area (Å²) >= 11 is 0. The molecule has 0 bridgehead atoms. The van der Waals surface area contributed by atoms with Gasteiger partial charge in [0.2, 0.25) is 0 Å². The van der Waals surface area contributed by atoms with Crippen LogP contribution in [0.4, 0.5) is 0 Å². The van der Waals surface area contributed by atoms with Crippen molar-refractivity contribution >= 4 is 0 Å². The Balaban J connectivity index is 2.69. The topological polar surface area (TPSA) is 24.5 Å². The molecule has 1 aliphatic heterocycles. The van der Waals surface area contributed by atoms with Gasteiger partial charge in [-0.3, -0.25) is 4.90 Å². The third-order valence-electron chi connectivity index (χ3n) is 4.27. The van der Waals surface area contributed by atoms with Gasteiger partial charge in [0.25, 0.3) is 0 Å². The van der Waals surface area contributed by atoms with Crippen LogP contribution in [0, 0.1) is 0 Å². The minimum absolute atomic E-state index is 0.238. The molecule has 0 aromatic carbocycles. The molecule has 3 nitrogen and oxygen atoms in total. The highest BCUT2D eigenvalue weighted by Crippen LogP contribution is 2.28. The molecule has 0 aromatic heterocycles. The lowest BCUT2D eigenvalue weighted by Crippen LogP contribution is -2.60. The summed E-state index contributed by atoms with van der Waals surface area (Å²) in [5.74, 6) is 0. The van der Waals surface area contributed by atoms with Crippen molar-refractivity contribution in [2.24, 2.45) is 0 Å². The van der Waals surface area contributed by atoms with Crippen LogP contribution in [-0.4, -0.2) is 49.8 Å². The van der Waals surface area contributed by atoms with E-state index in [1.807, 2.05) is 0 Å². The van der Waals surface area contributed by atoms with Crippen molar-refractivity contribution in [1.29, 1.82) is 0 Å². The summed E-state index contributed by atoms with van der Waals surface area (Å²) in [6, 6.07) is 0.440. The van der Waals surface area contributed by atoms with Crippen molar-refractivity contribution in [3.8, 4) is 0 Å². The van der Waals surface area contributed by atoms with Crippen molar-refractivity contribution in [2.75, 3.05) is 33.4 Å². The maximum atomic E-state index is 5.42. The predicted octanol–water partition coefficient (Wildman–Crippen LogP) is 2.27. The second kappa shape index (κ2) is 7.34. The van der Waals surface area contributed by atoms with Gasteiger partial charge >= 0.3 is 0 Å². The average molecular weight is 242 g/mol. The molecule has 0 spiro atoms. The first-order valence-corrected chi connectivity index (χ1v) is 7.16. The van der Waals surface area contributed by atoms with Crippen LogP contribution in [0.1, 0.15) is 46.5 Å². The molecule has 1 heterocycles. The van der Waals surface area contributed by atoms with Gasteiger partial charge in [0.05, 0.1) is 6.61 Å². The fourth-order valence-corrected chi connectivity index (χ4v) is 2.86. The van der Waals surface area contributed by atoms with E-state index in [0.29, 0.717) is 6.04 Å². The van der Waals surface area contributed by atoms with E-state index in [0.717, 1.165) is 13.2 Å². The van der Waals surface area contributed by atoms with Crippen LogP contribution in [0.5, 0.6) is 0 Å². The molecule has 1 rings (SSSR count). The molecule has 1 saturated heterocycles. The van der Waals surface area contributed by atoms with Crippen molar-refractivity contribution in [3.63, 3.8) is 0 Å². The monoisotopic (exact) mass is 242 g/mol. The first-order chi connectivity index (χ1) is 8.19. The zero-order valence-electron chi connectivity index (χ0n) is 12.1. The van der Waals surface area contributed by atoms with Gasteiger partial charge in [0.15, 0.2) is 0 Å². The van der Waals surface area contributed by atoms with Crippen LogP contribution in [0.3, 0.4) is 0 Å². The maximum absolute atomic E-state index is 5.42. The van der Waals surface area contributed by atoms with Gasteiger partial charge in [-0.1, -0.05) is 13.8 Å². The molecular weight excluding hydrogens is 212 g/mol. The molecule has 2 atom stereocenters. The zero-order chi connectivity index (χ0) is 12.7. The van der Waals surface area contributed by atoms with Gasteiger partial charge in [-0.05, 0) is 52.2 Å². The summed E-state index contributed by atoms with van der Waals surface area (Å²) in [6.45, 7) is 11.3. The molecule has 102 valence electrons. The minimum Gasteiger partial charge on any atom is -0.383 e. The summed E-state index contributed by atoms with van der Waals surface area (Å²) in [5.41, 5.74) is 0.238. The van der Waals surface area contributed by atoms with Crippen LogP contribution < -0.4 is 5.32 Å². The minimum atomic E-state index is 0.238. The average Bonchev–Trinajstić information content (AvgIpc) is 2.87. The molecule has 1 aliphatic rings. The van der Waals surface area contributed by atoms with E-state index in [9.17, 15) is 0 Å². The number of hydrogen-bond donors (Lipinski definition) is 1. The number of ether oxygens (including phenoxy) is 1. The number of nitrogens with zero attached hydrogens (tertiary/aromatic N) is 1. The first kappa shape index (κ1) is 14.9. The molecule has 0 amide bonds. The number of rotatable bonds is 8. The van der Waals surface area contributed by atoms with E-state index < -0.39 is 0 Å². The van der Waals surface area contributed by atoms with Crippen LogP contribution >= 0.6 is 0 Å². The number of likely N-dealkylation sites (tertiary alicyclic amines) is 1. The van der Waals surface area contributed by atoms with Crippen molar-refractivity contribution in [3.05, 3.63) is 0 Å². The number of methoxy groups -OCH3 is 1. The molecule has 0 saturated carbocycles. The normalized spacial score (nSPS) is 22.6. The van der Waals surface area contributed by atoms with Crippen molar-refractivity contribution in [1.82, 2.24) is 10.2 Å². The molecule has 0 aliphatic carbocycles. The molecule has 1 fully saturated rings. The second-order valence-electron chi connectivity index (χ2n) is 5.37. The van der Waals surface area contributed by atoms with E-state index in [1.54, 1.807) is 7.11 Å². The zero-order valence-corrected chi connectivity index (χ0v) is 12.1. The summed E-state index contributed by atoms with van der Waals surface area (Å²) < 4.78 is 5.42. The van der Waals surface area contributed by atoms with Gasteiger partial charge in [-0.2, -0.15) is 0 Å². The molecule has 3 heteroatoms. The summed E-state index contributed by atoms with van der Waals surface area (Å²) in [4.78, 5) is 2.65. The number of nitrogens with one attached hydrogen (secondary N) is 1. The predicted molar refractivity (Wildman–Crippen MR) is 73.5 cm³/mol. The summed E-state index contributed by atoms with van der Waals surface area (Å²) in [5, 5.41) is 3.67. The lowest BCUT2D eigenvalue weighted by molar-refractivity contribution is 0.0403. The van der Waals surface area contributed by atoms with Crippen molar-refractivity contribution in [2.45, 2.75) is 58.0 Å². The summed E-state index contributed by atoms with van der Waals surface area (Å²) in [7, 11) is 1.81. The first-order valence-electron chi connectivity index (χ1n) is 7.16. The molecule has 0 aromatic rings. The smallest absolute Gasteiger partial charge is 0.0633 e. The SMILES string of the molecule is CCCNC(COC)C(C)(CC)N1CCCC1. The van der Waals surface area contributed by atoms with Crippen LogP contribution in [0.2, 0.25) is 0 Å². The third kappa shape index (κ3) is 3.67. The van der Waals surface area contributed by atoms with Crippen LogP contribution in [-0.2, 0) is 4.74 Å². The highest BCUT2D eigenvalue weighted by molar-refractivity contribution is 4.97. The standard InChI is InChI=1S/C14H30N2O/c1-5-9-15-13(12-17-4)14(3,6-2)16-10-7-8-11-16/h13,15H,5-12H2,1-4H3. The molecule has 2 unspecified atom stereocenters. The highest BCUT2D eigenvalue weighted by atomic mass is 16.5. The van der Waals surface area contributed by atoms with Crippen molar-refractivity contribution < 1.29 is 4.74 Å². The second-order valence-corrected chi connectivity index (χ2v) is 5.37. The lowest BCUT2D eigenvalue weighted by Gasteiger charge is -2.44. The van der Waals surface area contributed by atoms with E-state index in [-0.39, 0.29) is 5.54 Å². The van der Waals surface area contributed by atoms with Crippen LogP contribution in [0.15, 0.2) is 0 Å². The fraction of sp³-hybridized carbons (Fsp3) is 1.00. The van der Waals surface area contributed by atoms with Gasteiger partial charge in [0.1, 0.15) is 0 Å². The van der Waals surface area contributed by atoms with Gasteiger partial charge in [-0.15, -0.1) is 0 Å². The summed E-state index contributed by atoms with van der Waals surface area (Å²) in [6.07, 6.45) is 5.06. The van der Waals surface area contributed by atoms with Gasteiger partial charge in [0, 0.05) is 18.7 Å². The third-order valence-corrected chi connectivity index (χ3v) is 4.27. The fourth-order valence-electron chi connectivity index (χ4n) is 2.86. The maximum Gasteiger partial charge on any atom is 0.0633 e. The Labute approximate surface area is 107 Å². The van der Waals surface area contributed by atoms with Crippen LogP contribution in [0.25, 0.3) is 0 Å². The Kier molecular flexibility index (Phi) is 6.45. The molecular formula is C14H30N2O. The lowest BCUT2D eigenvalue weighted by atomic mass is 9.87. The van der Waals surface area contributed by atoms with Gasteiger partial charge in [-0.25, -0.2) is 0 Å². The molecule has 1 N–H and O–H groups in total. The Bertz CT molecular complexity index is 204. The quantitative estimate of drug-likeness (QED) is 0.706. The Morgan fingerprint density at radius 3 is 2.41 bits per heavy atom. The Morgan fingerprint density at radius 1 is 1.29 bits per heavy atom. The Hall–Kier alpha value is -0.120. The largest absolute Gasteiger partial charge is 0.383 e. The molecule has 17 heavy (non-hydrogen) atoms. The van der Waals surface area contributed by atoms with E-state index in [1.165, 1.54) is 38.8 Å². The van der Waals surface area contributed by atoms with E-state index in [2.05, 4.69) is 31.0 Å². The number of hydrogen-bond acceptors (Lipinski definition) is 3. The van der Waals surface area contributed by atoms with E-state index in [4.69, 9.17) is 4.74 Å². The molecule has 0 radical (unpaired) electrons. The van der Waals surface area contributed by atoms with Gasteiger partial charge < -0.3 is 10.1 Å². The van der Waals surface area contributed by atoms with E-state index >= 15 is 0 Å². The Morgan fingerprint density at radius 2 is 1.94 bits per heavy atom. The highest BCUT2D eigenvalue weighted by Gasteiger charge is 2.38.